The first-order valence-electron chi connectivity index (χ1n) is 6.29. The molecular weight excluding hydrogens is 290 g/mol. The van der Waals surface area contributed by atoms with E-state index in [0.29, 0.717) is 11.6 Å². The number of nitrogens with one attached hydrogen (secondary N) is 2. The second kappa shape index (κ2) is 6.85. The highest BCUT2D eigenvalue weighted by molar-refractivity contribution is 6.32. The quantitative estimate of drug-likeness (QED) is 0.814. The Morgan fingerprint density at radius 1 is 1.45 bits per heavy atom. The summed E-state index contributed by atoms with van der Waals surface area (Å²) in [6.45, 7) is -1.88. The summed E-state index contributed by atoms with van der Waals surface area (Å²) < 4.78 is 28.3. The average molecular weight is 305 g/mol. The summed E-state index contributed by atoms with van der Waals surface area (Å²) in [4.78, 5) is 11.6. The van der Waals surface area contributed by atoms with E-state index in [-0.39, 0.29) is 23.2 Å². The lowest BCUT2D eigenvalue weighted by molar-refractivity contribution is -0.115. The maximum absolute atomic E-state index is 12.1. The van der Waals surface area contributed by atoms with Crippen molar-refractivity contribution in [3.63, 3.8) is 0 Å². The van der Waals surface area contributed by atoms with Gasteiger partial charge in [0, 0.05) is 5.69 Å². The summed E-state index contributed by atoms with van der Waals surface area (Å²) >= 11 is 5.79. The van der Waals surface area contributed by atoms with Crippen LogP contribution >= 0.6 is 11.6 Å². The van der Waals surface area contributed by atoms with Gasteiger partial charge in [-0.2, -0.15) is 8.78 Å². The second-order valence-corrected chi connectivity index (χ2v) is 5.05. The molecule has 110 valence electrons. The van der Waals surface area contributed by atoms with Gasteiger partial charge in [-0.25, -0.2) is 0 Å². The maximum Gasteiger partial charge on any atom is 0.387 e. The van der Waals surface area contributed by atoms with Crippen LogP contribution in [0.1, 0.15) is 12.8 Å². The van der Waals surface area contributed by atoms with Crippen LogP contribution in [0.5, 0.6) is 5.75 Å². The van der Waals surface area contributed by atoms with E-state index in [1.165, 1.54) is 31.0 Å². The smallest absolute Gasteiger partial charge is 0.387 e. The predicted octanol–water partition coefficient (Wildman–Crippen LogP) is 2.88. The molecule has 0 spiro atoms. The molecule has 0 radical (unpaired) electrons. The molecule has 7 heteroatoms. The molecule has 0 unspecified atom stereocenters. The van der Waals surface area contributed by atoms with Crippen molar-refractivity contribution in [2.24, 2.45) is 5.92 Å². The third kappa shape index (κ3) is 4.94. The van der Waals surface area contributed by atoms with Crippen LogP contribution in [0.2, 0.25) is 5.02 Å². The van der Waals surface area contributed by atoms with Gasteiger partial charge in [0.2, 0.25) is 5.91 Å². The van der Waals surface area contributed by atoms with Crippen LogP contribution in [0.3, 0.4) is 0 Å². The van der Waals surface area contributed by atoms with E-state index in [2.05, 4.69) is 15.4 Å². The van der Waals surface area contributed by atoms with E-state index in [1.54, 1.807) is 0 Å². The number of halogens is 3. The van der Waals surface area contributed by atoms with Crippen molar-refractivity contribution in [1.82, 2.24) is 5.32 Å². The molecule has 0 atom stereocenters. The van der Waals surface area contributed by atoms with Crippen LogP contribution in [0, 0.1) is 5.92 Å². The van der Waals surface area contributed by atoms with Crippen molar-refractivity contribution < 1.29 is 18.3 Å². The van der Waals surface area contributed by atoms with Crippen molar-refractivity contribution in [2.75, 3.05) is 18.4 Å². The monoisotopic (exact) mass is 304 g/mol. The van der Waals surface area contributed by atoms with Gasteiger partial charge < -0.3 is 15.4 Å². The van der Waals surface area contributed by atoms with Crippen molar-refractivity contribution in [2.45, 2.75) is 19.5 Å². The third-order valence-corrected chi connectivity index (χ3v) is 3.14. The fourth-order valence-electron chi connectivity index (χ4n) is 1.69. The lowest BCUT2D eigenvalue weighted by Crippen LogP contribution is -2.29. The molecule has 0 aliphatic heterocycles. The molecule has 0 bridgehead atoms. The van der Waals surface area contributed by atoms with Gasteiger partial charge in [0.1, 0.15) is 5.75 Å². The van der Waals surface area contributed by atoms with Crippen LogP contribution < -0.4 is 15.4 Å². The third-order valence-electron chi connectivity index (χ3n) is 2.85. The van der Waals surface area contributed by atoms with E-state index >= 15 is 0 Å². The van der Waals surface area contributed by atoms with Gasteiger partial charge in [-0.15, -0.1) is 0 Å². The number of anilines is 1. The minimum atomic E-state index is -2.93. The van der Waals surface area contributed by atoms with Gasteiger partial charge in [0.15, 0.2) is 0 Å². The Labute approximate surface area is 120 Å². The number of carbonyl (C=O) groups excluding carboxylic acids is 1. The van der Waals surface area contributed by atoms with Gasteiger partial charge in [0.05, 0.1) is 11.6 Å². The van der Waals surface area contributed by atoms with Crippen LogP contribution in [-0.4, -0.2) is 25.6 Å². The normalized spacial score (nSPS) is 14.4. The number of benzene rings is 1. The van der Waals surface area contributed by atoms with Gasteiger partial charge in [-0.05, 0) is 43.5 Å². The molecule has 0 heterocycles. The Bertz CT molecular complexity index is 481. The van der Waals surface area contributed by atoms with Gasteiger partial charge >= 0.3 is 6.61 Å². The van der Waals surface area contributed by atoms with E-state index < -0.39 is 6.61 Å². The summed E-state index contributed by atoms with van der Waals surface area (Å²) in [6, 6.07) is 4.13. The Balaban J connectivity index is 1.82. The minimum Gasteiger partial charge on any atom is -0.433 e. The molecular formula is C13H15ClF2N2O2. The average Bonchev–Trinajstić information content (AvgIpc) is 3.16. The predicted molar refractivity (Wildman–Crippen MR) is 72.3 cm³/mol. The van der Waals surface area contributed by atoms with Gasteiger partial charge in [-0.1, -0.05) is 11.6 Å². The fourth-order valence-corrected chi connectivity index (χ4v) is 1.91. The van der Waals surface area contributed by atoms with Gasteiger partial charge in [0.25, 0.3) is 0 Å². The molecule has 2 N–H and O–H groups in total. The first-order valence-corrected chi connectivity index (χ1v) is 6.67. The highest BCUT2D eigenvalue weighted by Crippen LogP contribution is 2.29. The largest absolute Gasteiger partial charge is 0.433 e. The number of amides is 1. The zero-order valence-electron chi connectivity index (χ0n) is 10.7. The maximum atomic E-state index is 12.1. The molecule has 1 amide bonds. The lowest BCUT2D eigenvalue weighted by atomic mass is 10.3. The van der Waals surface area contributed by atoms with E-state index in [9.17, 15) is 13.6 Å². The van der Waals surface area contributed by atoms with Crippen molar-refractivity contribution in [3.8, 4) is 5.75 Å². The molecule has 1 aliphatic carbocycles. The highest BCUT2D eigenvalue weighted by Gasteiger charge is 2.20. The van der Waals surface area contributed by atoms with E-state index in [1.807, 2.05) is 0 Å². The van der Waals surface area contributed by atoms with Crippen LogP contribution in [0.4, 0.5) is 14.5 Å². The molecule has 1 aliphatic rings. The number of hydrogen-bond donors (Lipinski definition) is 2. The standard InChI is InChI=1S/C13H15ClF2N2O2/c14-10-5-9(3-4-11(10)20-13(15)16)18-12(19)7-17-6-8-1-2-8/h3-5,8,13,17H,1-2,6-7H2,(H,18,19). The molecule has 20 heavy (non-hydrogen) atoms. The molecule has 1 aromatic rings. The number of hydrogen-bond acceptors (Lipinski definition) is 3. The Hall–Kier alpha value is -1.40. The molecule has 0 aromatic heterocycles. The molecule has 0 saturated heterocycles. The first-order chi connectivity index (χ1) is 9.54. The van der Waals surface area contributed by atoms with Gasteiger partial charge in [-0.3, -0.25) is 4.79 Å². The molecule has 1 aromatic carbocycles. The Morgan fingerprint density at radius 3 is 2.80 bits per heavy atom. The molecule has 4 nitrogen and oxygen atoms in total. The molecule has 1 fully saturated rings. The Kier molecular flexibility index (Phi) is 5.14. The topological polar surface area (TPSA) is 50.4 Å². The first kappa shape index (κ1) is 15.0. The fraction of sp³-hybridized carbons (Fsp3) is 0.462. The van der Waals surface area contributed by atoms with Crippen molar-refractivity contribution in [3.05, 3.63) is 23.2 Å². The number of rotatable bonds is 7. The van der Waals surface area contributed by atoms with Crippen molar-refractivity contribution in [1.29, 1.82) is 0 Å². The van der Waals surface area contributed by atoms with E-state index in [0.717, 1.165) is 6.54 Å². The number of alkyl halides is 2. The summed E-state index contributed by atoms with van der Waals surface area (Å²) in [7, 11) is 0. The number of ether oxygens (including phenoxy) is 1. The van der Waals surface area contributed by atoms with Crippen LogP contribution in [0.15, 0.2) is 18.2 Å². The Morgan fingerprint density at radius 2 is 2.20 bits per heavy atom. The van der Waals surface area contributed by atoms with Crippen molar-refractivity contribution >= 4 is 23.2 Å². The molecule has 1 saturated carbocycles. The summed E-state index contributed by atoms with van der Waals surface area (Å²) in [6.07, 6.45) is 2.44. The highest BCUT2D eigenvalue weighted by atomic mass is 35.5. The second-order valence-electron chi connectivity index (χ2n) is 4.65. The minimum absolute atomic E-state index is 0.0223. The summed E-state index contributed by atoms with van der Waals surface area (Å²) in [5.41, 5.74) is 0.440. The SMILES string of the molecule is O=C(CNCC1CC1)Nc1ccc(OC(F)F)c(Cl)c1. The van der Waals surface area contributed by atoms with E-state index in [4.69, 9.17) is 11.6 Å². The lowest BCUT2D eigenvalue weighted by Gasteiger charge is -2.10. The number of carbonyl (C=O) groups is 1. The summed E-state index contributed by atoms with van der Waals surface area (Å²) in [5, 5.41) is 5.70. The van der Waals surface area contributed by atoms with Crippen LogP contribution in [-0.2, 0) is 4.79 Å². The van der Waals surface area contributed by atoms with Crippen LogP contribution in [0.25, 0.3) is 0 Å². The zero-order valence-corrected chi connectivity index (χ0v) is 11.4. The zero-order chi connectivity index (χ0) is 14.5. The summed E-state index contributed by atoms with van der Waals surface area (Å²) in [5.74, 6) is 0.374. The molecule has 2 rings (SSSR count).